The first kappa shape index (κ1) is 10.1. The van der Waals surface area contributed by atoms with Crippen LogP contribution in [0.25, 0.3) is 0 Å². The molecule has 1 saturated heterocycles. The molecule has 1 unspecified atom stereocenters. The Kier molecular flexibility index (Phi) is 3.36. The normalized spacial score (nSPS) is 22.5. The summed E-state index contributed by atoms with van der Waals surface area (Å²) in [5.74, 6) is 3.04. The molecule has 1 aliphatic rings. The lowest BCUT2D eigenvalue weighted by Gasteiger charge is -2.25. The second kappa shape index (κ2) is 4.32. The van der Waals surface area contributed by atoms with Crippen LogP contribution in [0.5, 0.6) is 0 Å². The summed E-state index contributed by atoms with van der Waals surface area (Å²) in [5.41, 5.74) is 0. The van der Waals surface area contributed by atoms with Crippen LogP contribution in [-0.4, -0.2) is 23.4 Å². The van der Waals surface area contributed by atoms with Crippen LogP contribution in [-0.2, 0) is 4.79 Å². The SMILES string of the molecule is C#CC1CC(=O)N(C(CC)CC)C1. The van der Waals surface area contributed by atoms with Gasteiger partial charge in [-0.2, -0.15) is 0 Å². The smallest absolute Gasteiger partial charge is 0.224 e. The highest BCUT2D eigenvalue weighted by Gasteiger charge is 2.31. The minimum atomic E-state index is 0.146. The van der Waals surface area contributed by atoms with Gasteiger partial charge in [-0.3, -0.25) is 4.79 Å². The first-order chi connectivity index (χ1) is 6.22. The fourth-order valence-corrected chi connectivity index (χ4v) is 1.93. The van der Waals surface area contributed by atoms with Gasteiger partial charge in [0.05, 0.1) is 0 Å². The van der Waals surface area contributed by atoms with E-state index in [0.29, 0.717) is 12.5 Å². The molecule has 0 bridgehead atoms. The van der Waals surface area contributed by atoms with Crippen molar-refractivity contribution in [3.05, 3.63) is 0 Å². The maximum absolute atomic E-state index is 11.5. The minimum absolute atomic E-state index is 0.146. The molecule has 0 spiro atoms. The summed E-state index contributed by atoms with van der Waals surface area (Å²) in [7, 11) is 0. The Bertz CT molecular complexity index is 225. The monoisotopic (exact) mass is 179 g/mol. The molecule has 2 nitrogen and oxygen atoms in total. The second-order valence-corrected chi connectivity index (χ2v) is 3.58. The van der Waals surface area contributed by atoms with Crippen molar-refractivity contribution >= 4 is 5.91 Å². The topological polar surface area (TPSA) is 20.3 Å². The predicted molar refractivity (Wildman–Crippen MR) is 53.0 cm³/mol. The molecule has 1 rings (SSSR count). The molecular weight excluding hydrogens is 162 g/mol. The quantitative estimate of drug-likeness (QED) is 0.603. The zero-order valence-corrected chi connectivity index (χ0v) is 8.42. The minimum Gasteiger partial charge on any atom is -0.338 e. The van der Waals surface area contributed by atoms with Crippen molar-refractivity contribution in [1.82, 2.24) is 4.90 Å². The molecule has 0 aromatic carbocycles. The van der Waals surface area contributed by atoms with Crippen LogP contribution in [0, 0.1) is 18.3 Å². The molecule has 1 heterocycles. The number of nitrogens with zero attached hydrogens (tertiary/aromatic N) is 1. The van der Waals surface area contributed by atoms with E-state index in [-0.39, 0.29) is 11.8 Å². The number of likely N-dealkylation sites (tertiary alicyclic amines) is 1. The Labute approximate surface area is 80.3 Å². The summed E-state index contributed by atoms with van der Waals surface area (Å²) in [6.45, 7) is 5.00. The molecule has 0 aliphatic carbocycles. The lowest BCUT2D eigenvalue weighted by Crippen LogP contribution is -2.35. The van der Waals surface area contributed by atoms with Gasteiger partial charge in [0.25, 0.3) is 0 Å². The van der Waals surface area contributed by atoms with Crippen molar-refractivity contribution in [2.24, 2.45) is 5.92 Å². The fraction of sp³-hybridized carbons (Fsp3) is 0.727. The van der Waals surface area contributed by atoms with E-state index in [1.165, 1.54) is 0 Å². The number of amides is 1. The summed E-state index contributed by atoms with van der Waals surface area (Å²) in [4.78, 5) is 13.5. The van der Waals surface area contributed by atoms with Gasteiger partial charge >= 0.3 is 0 Å². The average Bonchev–Trinajstić information content (AvgIpc) is 2.50. The van der Waals surface area contributed by atoms with Crippen LogP contribution in [0.4, 0.5) is 0 Å². The Morgan fingerprint density at radius 3 is 2.62 bits per heavy atom. The molecule has 0 saturated carbocycles. The molecule has 0 N–H and O–H groups in total. The van der Waals surface area contributed by atoms with Crippen LogP contribution in [0.3, 0.4) is 0 Å². The van der Waals surface area contributed by atoms with Crippen LogP contribution in [0.1, 0.15) is 33.1 Å². The van der Waals surface area contributed by atoms with Crippen molar-refractivity contribution in [3.63, 3.8) is 0 Å². The molecule has 1 atom stereocenters. The number of rotatable bonds is 3. The van der Waals surface area contributed by atoms with E-state index >= 15 is 0 Å². The molecule has 1 aliphatic heterocycles. The van der Waals surface area contributed by atoms with Crippen molar-refractivity contribution in [1.29, 1.82) is 0 Å². The van der Waals surface area contributed by atoms with Crippen molar-refractivity contribution in [2.45, 2.75) is 39.2 Å². The first-order valence-corrected chi connectivity index (χ1v) is 4.98. The van der Waals surface area contributed by atoms with E-state index < -0.39 is 0 Å². The summed E-state index contributed by atoms with van der Waals surface area (Å²) >= 11 is 0. The van der Waals surface area contributed by atoms with E-state index in [1.54, 1.807) is 0 Å². The number of carbonyl (C=O) groups is 1. The van der Waals surface area contributed by atoms with Gasteiger partial charge in [-0.25, -0.2) is 0 Å². The van der Waals surface area contributed by atoms with Gasteiger partial charge in [0, 0.05) is 24.9 Å². The van der Waals surface area contributed by atoms with Gasteiger partial charge < -0.3 is 4.90 Å². The largest absolute Gasteiger partial charge is 0.338 e. The lowest BCUT2D eigenvalue weighted by molar-refractivity contribution is -0.129. The van der Waals surface area contributed by atoms with Gasteiger partial charge in [-0.15, -0.1) is 12.3 Å². The van der Waals surface area contributed by atoms with Gasteiger partial charge in [0.15, 0.2) is 0 Å². The second-order valence-electron chi connectivity index (χ2n) is 3.58. The van der Waals surface area contributed by atoms with Crippen molar-refractivity contribution in [2.75, 3.05) is 6.54 Å². The first-order valence-electron chi connectivity index (χ1n) is 4.98. The molecule has 0 aromatic heterocycles. The van der Waals surface area contributed by atoms with Crippen LogP contribution in [0.15, 0.2) is 0 Å². The third-order valence-corrected chi connectivity index (χ3v) is 2.78. The van der Waals surface area contributed by atoms with E-state index in [1.807, 2.05) is 4.90 Å². The van der Waals surface area contributed by atoms with Crippen molar-refractivity contribution < 1.29 is 4.79 Å². The van der Waals surface area contributed by atoms with E-state index in [2.05, 4.69) is 19.8 Å². The van der Waals surface area contributed by atoms with Gasteiger partial charge in [0.1, 0.15) is 0 Å². The zero-order valence-electron chi connectivity index (χ0n) is 8.42. The van der Waals surface area contributed by atoms with E-state index in [9.17, 15) is 4.79 Å². The number of hydrogen-bond donors (Lipinski definition) is 0. The number of terminal acetylenes is 1. The average molecular weight is 179 g/mol. The Balaban J connectivity index is 2.62. The van der Waals surface area contributed by atoms with Gasteiger partial charge in [0.2, 0.25) is 5.91 Å². The standard InChI is InChI=1S/C11H17NO/c1-4-9-7-11(13)12(8-9)10(5-2)6-3/h1,9-10H,5-8H2,2-3H3. The van der Waals surface area contributed by atoms with E-state index in [4.69, 9.17) is 6.42 Å². The lowest BCUT2D eigenvalue weighted by atomic mass is 10.1. The Morgan fingerprint density at radius 2 is 2.23 bits per heavy atom. The fourth-order valence-electron chi connectivity index (χ4n) is 1.93. The van der Waals surface area contributed by atoms with Crippen LogP contribution < -0.4 is 0 Å². The molecule has 0 radical (unpaired) electrons. The number of hydrogen-bond acceptors (Lipinski definition) is 1. The molecule has 72 valence electrons. The molecule has 13 heavy (non-hydrogen) atoms. The van der Waals surface area contributed by atoms with Gasteiger partial charge in [-0.1, -0.05) is 13.8 Å². The summed E-state index contributed by atoms with van der Waals surface area (Å²) in [6.07, 6.45) is 7.92. The highest BCUT2D eigenvalue weighted by atomic mass is 16.2. The highest BCUT2D eigenvalue weighted by molar-refractivity contribution is 5.79. The zero-order chi connectivity index (χ0) is 9.84. The Morgan fingerprint density at radius 1 is 1.62 bits per heavy atom. The summed E-state index contributed by atoms with van der Waals surface area (Å²) in [5, 5.41) is 0. The third kappa shape index (κ3) is 2.03. The van der Waals surface area contributed by atoms with E-state index in [0.717, 1.165) is 19.4 Å². The highest BCUT2D eigenvalue weighted by Crippen LogP contribution is 2.21. The number of carbonyl (C=O) groups excluding carboxylic acids is 1. The Hall–Kier alpha value is -0.970. The van der Waals surface area contributed by atoms with Crippen molar-refractivity contribution in [3.8, 4) is 12.3 Å². The summed E-state index contributed by atoms with van der Waals surface area (Å²) < 4.78 is 0. The molecule has 1 fully saturated rings. The maximum Gasteiger partial charge on any atom is 0.224 e. The van der Waals surface area contributed by atoms with Gasteiger partial charge in [-0.05, 0) is 12.8 Å². The summed E-state index contributed by atoms with van der Waals surface area (Å²) in [6, 6.07) is 0.394. The molecule has 2 heteroatoms. The molecule has 1 amide bonds. The third-order valence-electron chi connectivity index (χ3n) is 2.78. The predicted octanol–water partition coefficient (Wildman–Crippen LogP) is 1.66. The maximum atomic E-state index is 11.5. The van der Waals surface area contributed by atoms with Crippen LogP contribution in [0.2, 0.25) is 0 Å². The molecular formula is C11H17NO. The molecule has 0 aromatic rings. The van der Waals surface area contributed by atoms with Crippen LogP contribution >= 0.6 is 0 Å².